The fourth-order valence-electron chi connectivity index (χ4n) is 2.33. The predicted octanol–water partition coefficient (Wildman–Crippen LogP) is 1.46. The lowest BCUT2D eigenvalue weighted by Gasteiger charge is -2.14. The van der Waals surface area contributed by atoms with Crippen LogP contribution in [0.1, 0.15) is 10.4 Å². The molecule has 3 rings (SSSR count). The Bertz CT molecular complexity index is 1150. The number of carbonyl (C=O) groups is 1. The lowest BCUT2D eigenvalue weighted by Crippen LogP contribution is -2.25. The SMILES string of the molecule is CON(C)S(=O)(=O)c1ccc(C(=O)Nc2cccc(-c3noc(=O)[nH]3)c2)cc1. The van der Waals surface area contributed by atoms with Crippen molar-refractivity contribution in [3.8, 4) is 11.4 Å². The topological polar surface area (TPSA) is 135 Å². The van der Waals surface area contributed by atoms with Gasteiger partial charge in [0.15, 0.2) is 5.82 Å². The van der Waals surface area contributed by atoms with E-state index in [1.165, 1.54) is 38.4 Å². The number of sulfonamides is 1. The summed E-state index contributed by atoms with van der Waals surface area (Å²) in [4.78, 5) is 30.6. The number of nitrogens with zero attached hydrogens (tertiary/aromatic N) is 2. The zero-order valence-electron chi connectivity index (χ0n) is 14.9. The number of aromatic nitrogens is 2. The molecule has 1 aromatic heterocycles. The normalized spacial score (nSPS) is 11.5. The van der Waals surface area contributed by atoms with Crippen molar-refractivity contribution >= 4 is 21.6 Å². The molecule has 0 aliphatic carbocycles. The van der Waals surface area contributed by atoms with Crippen LogP contribution in [-0.4, -0.2) is 43.1 Å². The van der Waals surface area contributed by atoms with Crippen LogP contribution in [0.5, 0.6) is 0 Å². The summed E-state index contributed by atoms with van der Waals surface area (Å²) < 4.78 is 29.5. The smallest absolute Gasteiger partial charge is 0.322 e. The van der Waals surface area contributed by atoms with E-state index in [2.05, 4.69) is 20.0 Å². The summed E-state index contributed by atoms with van der Waals surface area (Å²) in [6, 6.07) is 12.1. The van der Waals surface area contributed by atoms with Crippen molar-refractivity contribution in [2.45, 2.75) is 4.90 Å². The minimum absolute atomic E-state index is 0.00890. The minimum atomic E-state index is -3.79. The number of carbonyl (C=O) groups excluding carboxylic acids is 1. The first-order valence-electron chi connectivity index (χ1n) is 7.92. The highest BCUT2D eigenvalue weighted by molar-refractivity contribution is 7.89. The molecule has 0 saturated heterocycles. The fourth-order valence-corrected chi connectivity index (χ4v) is 3.30. The maximum Gasteiger partial charge on any atom is 0.439 e. The van der Waals surface area contributed by atoms with Gasteiger partial charge in [-0.1, -0.05) is 21.8 Å². The quantitative estimate of drug-likeness (QED) is 0.594. The molecule has 2 N–H and O–H groups in total. The summed E-state index contributed by atoms with van der Waals surface area (Å²) in [7, 11) is -1.28. The number of aromatic amines is 1. The van der Waals surface area contributed by atoms with Gasteiger partial charge in [-0.3, -0.25) is 19.1 Å². The number of hydroxylamine groups is 1. The third kappa shape index (κ3) is 4.01. The van der Waals surface area contributed by atoms with Crippen LogP contribution >= 0.6 is 0 Å². The molecule has 0 fully saturated rings. The molecule has 11 heteroatoms. The van der Waals surface area contributed by atoms with Gasteiger partial charge in [0, 0.05) is 23.9 Å². The molecule has 0 spiro atoms. The summed E-state index contributed by atoms with van der Waals surface area (Å²) in [5, 5.41) is 6.28. The first kappa shape index (κ1) is 19.5. The molecule has 0 aliphatic heterocycles. The summed E-state index contributed by atoms with van der Waals surface area (Å²) in [5.41, 5.74) is 1.27. The van der Waals surface area contributed by atoms with Crippen molar-refractivity contribution in [3.63, 3.8) is 0 Å². The van der Waals surface area contributed by atoms with Crippen molar-refractivity contribution < 1.29 is 22.6 Å². The molecule has 0 bridgehead atoms. The van der Waals surface area contributed by atoms with Crippen LogP contribution in [0.4, 0.5) is 5.69 Å². The average molecular weight is 404 g/mol. The first-order chi connectivity index (χ1) is 13.3. The Hall–Kier alpha value is -3.28. The van der Waals surface area contributed by atoms with Crippen LogP contribution in [0, 0.1) is 0 Å². The Kier molecular flexibility index (Phi) is 5.40. The average Bonchev–Trinajstić information content (AvgIpc) is 3.14. The van der Waals surface area contributed by atoms with Crippen molar-refractivity contribution in [3.05, 3.63) is 64.6 Å². The summed E-state index contributed by atoms with van der Waals surface area (Å²) in [6.45, 7) is 0. The number of H-pyrrole nitrogens is 1. The van der Waals surface area contributed by atoms with E-state index in [9.17, 15) is 18.0 Å². The number of anilines is 1. The van der Waals surface area contributed by atoms with Gasteiger partial charge < -0.3 is 5.32 Å². The number of rotatable bonds is 6. The highest BCUT2D eigenvalue weighted by Crippen LogP contribution is 2.20. The van der Waals surface area contributed by atoms with Gasteiger partial charge in [0.25, 0.3) is 15.9 Å². The summed E-state index contributed by atoms with van der Waals surface area (Å²) >= 11 is 0. The van der Waals surface area contributed by atoms with E-state index in [0.717, 1.165) is 4.47 Å². The number of hydrogen-bond acceptors (Lipinski definition) is 7. The van der Waals surface area contributed by atoms with E-state index < -0.39 is 21.7 Å². The molecule has 1 heterocycles. The van der Waals surface area contributed by atoms with Gasteiger partial charge in [-0.25, -0.2) is 13.2 Å². The first-order valence-corrected chi connectivity index (χ1v) is 9.36. The third-order valence-corrected chi connectivity index (χ3v) is 5.54. The molecule has 0 saturated carbocycles. The zero-order chi connectivity index (χ0) is 20.3. The Morgan fingerprint density at radius 2 is 1.93 bits per heavy atom. The van der Waals surface area contributed by atoms with Gasteiger partial charge in [-0.15, -0.1) is 0 Å². The van der Waals surface area contributed by atoms with Gasteiger partial charge in [-0.05, 0) is 36.4 Å². The molecular formula is C17H16N4O6S. The molecular weight excluding hydrogens is 388 g/mol. The van der Waals surface area contributed by atoms with Crippen molar-refractivity contribution in [1.29, 1.82) is 0 Å². The van der Waals surface area contributed by atoms with E-state index in [-0.39, 0.29) is 16.3 Å². The van der Waals surface area contributed by atoms with Crippen molar-refractivity contribution in [2.24, 2.45) is 0 Å². The minimum Gasteiger partial charge on any atom is -0.322 e. The molecule has 0 radical (unpaired) electrons. The van der Waals surface area contributed by atoms with Crippen LogP contribution in [0.2, 0.25) is 0 Å². The van der Waals surface area contributed by atoms with E-state index in [1.807, 2.05) is 0 Å². The number of amides is 1. The monoisotopic (exact) mass is 404 g/mol. The lowest BCUT2D eigenvalue weighted by atomic mass is 10.1. The van der Waals surface area contributed by atoms with E-state index in [0.29, 0.717) is 11.3 Å². The molecule has 10 nitrogen and oxygen atoms in total. The maximum absolute atomic E-state index is 12.4. The maximum atomic E-state index is 12.4. The number of nitrogens with one attached hydrogen (secondary N) is 2. The number of benzene rings is 2. The van der Waals surface area contributed by atoms with Crippen LogP contribution in [-0.2, 0) is 14.9 Å². The molecule has 1 amide bonds. The standard InChI is InChI=1S/C17H16N4O6S/c1-21(26-2)28(24,25)14-8-6-11(7-9-14)16(22)18-13-5-3-4-12(10-13)15-19-17(23)27-20-15/h3-10H,1-2H3,(H,18,22)(H,19,20,23). The highest BCUT2D eigenvalue weighted by Gasteiger charge is 2.21. The Balaban J connectivity index is 1.78. The van der Waals surface area contributed by atoms with Crippen LogP contribution < -0.4 is 11.1 Å². The summed E-state index contributed by atoms with van der Waals surface area (Å²) in [6.07, 6.45) is 0. The van der Waals surface area contributed by atoms with Crippen molar-refractivity contribution in [2.75, 3.05) is 19.5 Å². The van der Waals surface area contributed by atoms with Crippen LogP contribution in [0.3, 0.4) is 0 Å². The lowest BCUT2D eigenvalue weighted by molar-refractivity contribution is -0.0258. The fraction of sp³-hybridized carbons (Fsp3) is 0.118. The Morgan fingerprint density at radius 3 is 2.54 bits per heavy atom. The van der Waals surface area contributed by atoms with Crippen LogP contribution in [0.15, 0.2) is 62.7 Å². The van der Waals surface area contributed by atoms with E-state index >= 15 is 0 Å². The Morgan fingerprint density at radius 1 is 1.21 bits per heavy atom. The van der Waals surface area contributed by atoms with Crippen LogP contribution in [0.25, 0.3) is 11.4 Å². The third-order valence-electron chi connectivity index (χ3n) is 3.84. The molecule has 0 atom stereocenters. The Labute approximate surface area is 159 Å². The molecule has 28 heavy (non-hydrogen) atoms. The van der Waals surface area contributed by atoms with Crippen molar-refractivity contribution in [1.82, 2.24) is 14.6 Å². The predicted molar refractivity (Wildman–Crippen MR) is 98.9 cm³/mol. The van der Waals surface area contributed by atoms with E-state index in [4.69, 9.17) is 4.84 Å². The van der Waals surface area contributed by atoms with Gasteiger partial charge in [0.05, 0.1) is 12.0 Å². The van der Waals surface area contributed by atoms with E-state index in [1.54, 1.807) is 24.3 Å². The van der Waals surface area contributed by atoms with Gasteiger partial charge >= 0.3 is 5.76 Å². The second kappa shape index (κ2) is 7.76. The molecule has 146 valence electrons. The van der Waals surface area contributed by atoms with Gasteiger partial charge in [0.2, 0.25) is 0 Å². The molecule has 2 aromatic carbocycles. The number of hydrogen-bond donors (Lipinski definition) is 2. The second-order valence-corrected chi connectivity index (χ2v) is 7.54. The molecule has 0 aliphatic rings. The zero-order valence-corrected chi connectivity index (χ0v) is 15.7. The van der Waals surface area contributed by atoms with Gasteiger partial charge in [-0.2, -0.15) is 0 Å². The largest absolute Gasteiger partial charge is 0.439 e. The summed E-state index contributed by atoms with van der Waals surface area (Å²) in [5.74, 6) is -0.883. The van der Waals surface area contributed by atoms with Gasteiger partial charge in [0.1, 0.15) is 0 Å². The molecule has 3 aromatic rings. The highest BCUT2D eigenvalue weighted by atomic mass is 32.2. The molecule has 0 unspecified atom stereocenters. The second-order valence-electron chi connectivity index (χ2n) is 5.60.